The molecule has 0 aromatic carbocycles. The maximum atomic E-state index is 5.98. The zero-order chi connectivity index (χ0) is 9.31. The lowest BCUT2D eigenvalue weighted by Gasteiger charge is -2.44. The summed E-state index contributed by atoms with van der Waals surface area (Å²) < 4.78 is 5.98. The van der Waals surface area contributed by atoms with Gasteiger partial charge >= 0.3 is 0 Å². The maximum absolute atomic E-state index is 5.98. The van der Waals surface area contributed by atoms with Gasteiger partial charge in [0.15, 0.2) is 0 Å². The van der Waals surface area contributed by atoms with E-state index in [1.54, 1.807) is 0 Å². The van der Waals surface area contributed by atoms with Crippen molar-refractivity contribution < 1.29 is 4.74 Å². The second kappa shape index (κ2) is 3.56. The minimum absolute atomic E-state index is 0.166. The molecule has 2 saturated heterocycles. The molecule has 13 heavy (non-hydrogen) atoms. The van der Waals surface area contributed by atoms with Crippen LogP contribution < -0.4 is 5.32 Å². The standard InChI is InChI=1S/C10H20N2O/c1-9-7-13-10(8-11-9)3-5-12(2)6-4-10/h9,11H,3-8H2,1-2H3. The molecule has 0 aromatic heterocycles. The van der Waals surface area contributed by atoms with E-state index in [1.807, 2.05) is 0 Å². The molecule has 0 aromatic rings. The summed E-state index contributed by atoms with van der Waals surface area (Å²) >= 11 is 0. The minimum Gasteiger partial charge on any atom is -0.372 e. The van der Waals surface area contributed by atoms with Crippen molar-refractivity contribution in [2.75, 3.05) is 33.3 Å². The molecule has 2 aliphatic heterocycles. The van der Waals surface area contributed by atoms with Crippen LogP contribution in [0, 0.1) is 0 Å². The number of hydrogen-bond donors (Lipinski definition) is 1. The van der Waals surface area contributed by atoms with Crippen molar-refractivity contribution in [3.63, 3.8) is 0 Å². The first kappa shape index (κ1) is 9.44. The van der Waals surface area contributed by atoms with E-state index < -0.39 is 0 Å². The highest BCUT2D eigenvalue weighted by molar-refractivity contribution is 4.92. The number of nitrogens with zero attached hydrogens (tertiary/aromatic N) is 1. The molecule has 3 nitrogen and oxygen atoms in total. The van der Waals surface area contributed by atoms with Gasteiger partial charge in [-0.1, -0.05) is 0 Å². The van der Waals surface area contributed by atoms with E-state index in [4.69, 9.17) is 4.74 Å². The average Bonchev–Trinajstić information content (AvgIpc) is 2.16. The molecule has 0 radical (unpaired) electrons. The third kappa shape index (κ3) is 2.03. The highest BCUT2D eigenvalue weighted by Gasteiger charge is 2.37. The van der Waals surface area contributed by atoms with E-state index in [2.05, 4.69) is 24.2 Å². The van der Waals surface area contributed by atoms with Gasteiger partial charge in [-0.05, 0) is 26.8 Å². The Labute approximate surface area is 80.4 Å². The van der Waals surface area contributed by atoms with Gasteiger partial charge in [0.2, 0.25) is 0 Å². The summed E-state index contributed by atoms with van der Waals surface area (Å²) in [5.41, 5.74) is 0.166. The summed E-state index contributed by atoms with van der Waals surface area (Å²) in [5, 5.41) is 3.51. The molecular formula is C10H20N2O. The zero-order valence-electron chi connectivity index (χ0n) is 8.68. The van der Waals surface area contributed by atoms with Gasteiger partial charge in [0, 0.05) is 25.7 Å². The van der Waals surface area contributed by atoms with Gasteiger partial charge in [-0.2, -0.15) is 0 Å². The van der Waals surface area contributed by atoms with Gasteiger partial charge < -0.3 is 15.0 Å². The largest absolute Gasteiger partial charge is 0.372 e. The van der Waals surface area contributed by atoms with Crippen molar-refractivity contribution in [1.82, 2.24) is 10.2 Å². The smallest absolute Gasteiger partial charge is 0.0831 e. The number of nitrogens with one attached hydrogen (secondary N) is 1. The lowest BCUT2D eigenvalue weighted by atomic mass is 9.90. The Morgan fingerprint density at radius 2 is 2.08 bits per heavy atom. The molecule has 1 N–H and O–H groups in total. The van der Waals surface area contributed by atoms with Crippen LogP contribution in [0.5, 0.6) is 0 Å². The van der Waals surface area contributed by atoms with Crippen LogP contribution in [0.1, 0.15) is 19.8 Å². The fraction of sp³-hybridized carbons (Fsp3) is 1.00. The number of rotatable bonds is 0. The predicted molar refractivity (Wildman–Crippen MR) is 52.9 cm³/mol. The van der Waals surface area contributed by atoms with E-state index in [0.717, 1.165) is 13.2 Å². The SMILES string of the molecule is CC1COC2(CCN(C)CC2)CN1. The van der Waals surface area contributed by atoms with Gasteiger partial charge in [-0.15, -0.1) is 0 Å². The molecule has 76 valence electrons. The molecule has 0 bridgehead atoms. The zero-order valence-corrected chi connectivity index (χ0v) is 8.68. The summed E-state index contributed by atoms with van der Waals surface area (Å²) in [6.07, 6.45) is 2.37. The Kier molecular flexibility index (Phi) is 2.58. The number of morpholine rings is 1. The van der Waals surface area contributed by atoms with Gasteiger partial charge in [0.1, 0.15) is 0 Å². The number of likely N-dealkylation sites (tertiary alicyclic amines) is 1. The van der Waals surface area contributed by atoms with Gasteiger partial charge in [-0.25, -0.2) is 0 Å². The van der Waals surface area contributed by atoms with E-state index in [1.165, 1.54) is 25.9 Å². The molecule has 2 fully saturated rings. The predicted octanol–water partition coefficient (Wildman–Crippen LogP) is 0.459. The van der Waals surface area contributed by atoms with Crippen molar-refractivity contribution in [3.8, 4) is 0 Å². The average molecular weight is 184 g/mol. The third-order valence-corrected chi connectivity index (χ3v) is 3.31. The minimum atomic E-state index is 0.166. The maximum Gasteiger partial charge on any atom is 0.0831 e. The van der Waals surface area contributed by atoms with Crippen LogP contribution in [-0.2, 0) is 4.74 Å². The molecule has 2 rings (SSSR count). The normalized spacial score (nSPS) is 35.1. The summed E-state index contributed by atoms with van der Waals surface area (Å²) in [4.78, 5) is 2.38. The van der Waals surface area contributed by atoms with Gasteiger partial charge in [-0.3, -0.25) is 0 Å². The van der Waals surface area contributed by atoms with Crippen molar-refractivity contribution in [2.45, 2.75) is 31.4 Å². The first-order valence-electron chi connectivity index (χ1n) is 5.26. The Bertz CT molecular complexity index is 144. The van der Waals surface area contributed by atoms with Crippen molar-refractivity contribution in [2.24, 2.45) is 0 Å². The van der Waals surface area contributed by atoms with E-state index >= 15 is 0 Å². The van der Waals surface area contributed by atoms with Crippen LogP contribution in [0.25, 0.3) is 0 Å². The molecule has 1 spiro atoms. The summed E-state index contributed by atoms with van der Waals surface area (Å²) in [7, 11) is 2.19. The molecule has 2 heterocycles. The fourth-order valence-corrected chi connectivity index (χ4v) is 2.12. The first-order valence-corrected chi connectivity index (χ1v) is 5.26. The van der Waals surface area contributed by atoms with Crippen LogP contribution >= 0.6 is 0 Å². The molecule has 0 aliphatic carbocycles. The lowest BCUT2D eigenvalue weighted by molar-refractivity contribution is -0.109. The second-order valence-electron chi connectivity index (χ2n) is 4.58. The first-order chi connectivity index (χ1) is 6.20. The Morgan fingerprint density at radius 3 is 2.62 bits per heavy atom. The fourth-order valence-electron chi connectivity index (χ4n) is 2.12. The highest BCUT2D eigenvalue weighted by Crippen LogP contribution is 2.27. The van der Waals surface area contributed by atoms with E-state index in [9.17, 15) is 0 Å². The van der Waals surface area contributed by atoms with Crippen molar-refractivity contribution in [3.05, 3.63) is 0 Å². The van der Waals surface area contributed by atoms with Crippen LogP contribution in [0.15, 0.2) is 0 Å². The van der Waals surface area contributed by atoms with Crippen LogP contribution in [0.2, 0.25) is 0 Å². The van der Waals surface area contributed by atoms with Crippen LogP contribution in [-0.4, -0.2) is 49.8 Å². The summed E-state index contributed by atoms with van der Waals surface area (Å²) in [5.74, 6) is 0. The number of ether oxygens (including phenoxy) is 1. The lowest BCUT2D eigenvalue weighted by Crippen LogP contribution is -2.57. The third-order valence-electron chi connectivity index (χ3n) is 3.31. The van der Waals surface area contributed by atoms with E-state index in [-0.39, 0.29) is 5.60 Å². The van der Waals surface area contributed by atoms with Gasteiger partial charge in [0.25, 0.3) is 0 Å². The molecular weight excluding hydrogens is 164 g/mol. The molecule has 0 saturated carbocycles. The van der Waals surface area contributed by atoms with Gasteiger partial charge in [0.05, 0.1) is 12.2 Å². The Morgan fingerprint density at radius 1 is 1.38 bits per heavy atom. The highest BCUT2D eigenvalue weighted by atomic mass is 16.5. The molecule has 1 unspecified atom stereocenters. The quantitative estimate of drug-likeness (QED) is 0.592. The summed E-state index contributed by atoms with van der Waals surface area (Å²) in [6.45, 7) is 6.46. The molecule has 3 heteroatoms. The van der Waals surface area contributed by atoms with E-state index in [0.29, 0.717) is 6.04 Å². The Balaban J connectivity index is 1.90. The van der Waals surface area contributed by atoms with Crippen molar-refractivity contribution >= 4 is 0 Å². The molecule has 2 aliphatic rings. The molecule has 1 atom stereocenters. The molecule has 0 amide bonds. The van der Waals surface area contributed by atoms with Crippen LogP contribution in [0.3, 0.4) is 0 Å². The van der Waals surface area contributed by atoms with Crippen LogP contribution in [0.4, 0.5) is 0 Å². The Hall–Kier alpha value is -0.120. The summed E-state index contributed by atoms with van der Waals surface area (Å²) in [6, 6.07) is 0.533. The monoisotopic (exact) mass is 184 g/mol. The van der Waals surface area contributed by atoms with Crippen molar-refractivity contribution in [1.29, 1.82) is 0 Å². The number of hydrogen-bond acceptors (Lipinski definition) is 3. The topological polar surface area (TPSA) is 24.5 Å². The number of piperidine rings is 1. The second-order valence-corrected chi connectivity index (χ2v) is 4.58.